The Labute approximate surface area is 213 Å². The fourth-order valence-corrected chi connectivity index (χ4v) is 4.43. The third-order valence-electron chi connectivity index (χ3n) is 6.20. The Morgan fingerprint density at radius 3 is 2.39 bits per heavy atom. The minimum Gasteiger partial charge on any atom is -0.454 e. The molecule has 4 rings (SSSR count). The molecule has 2 amide bonds. The topological polar surface area (TPSA) is 67.9 Å². The van der Waals surface area contributed by atoms with Crippen LogP contribution in [0.4, 0.5) is 0 Å². The number of carbonyl (C=O) groups is 2. The number of hydrogen-bond donors (Lipinski definition) is 1. The zero-order valence-electron chi connectivity index (χ0n) is 21.2. The maximum absolute atomic E-state index is 13.8. The third kappa shape index (κ3) is 6.66. The van der Waals surface area contributed by atoms with Gasteiger partial charge in [0.25, 0.3) is 0 Å². The van der Waals surface area contributed by atoms with Crippen molar-refractivity contribution in [3.8, 4) is 11.5 Å². The van der Waals surface area contributed by atoms with E-state index in [1.165, 1.54) is 0 Å². The van der Waals surface area contributed by atoms with Gasteiger partial charge in [0.2, 0.25) is 18.6 Å². The Hall–Kier alpha value is -3.80. The van der Waals surface area contributed by atoms with Crippen LogP contribution in [0.25, 0.3) is 0 Å². The van der Waals surface area contributed by atoms with E-state index in [9.17, 15) is 9.59 Å². The standard InChI is InChI=1S/C30H34N2O4/c1-21(2)31-30(34)26(17-23-9-5-4-6-10-23)32(19-25-11-7-8-22(3)16-25)29(33)15-13-24-12-14-27-28(18-24)36-20-35-27/h4-12,14,16,18,21,26H,13,15,17,19-20H2,1-3H3,(H,31,34)/t26-/m1/s1. The first-order chi connectivity index (χ1) is 17.4. The highest BCUT2D eigenvalue weighted by molar-refractivity contribution is 5.88. The summed E-state index contributed by atoms with van der Waals surface area (Å²) in [6.45, 7) is 6.48. The summed E-state index contributed by atoms with van der Waals surface area (Å²) in [7, 11) is 0. The molecule has 188 valence electrons. The monoisotopic (exact) mass is 486 g/mol. The van der Waals surface area contributed by atoms with Gasteiger partial charge in [-0.05, 0) is 56.0 Å². The van der Waals surface area contributed by atoms with Gasteiger partial charge in [-0.1, -0.05) is 66.2 Å². The van der Waals surface area contributed by atoms with Crippen molar-refractivity contribution in [2.45, 2.75) is 58.7 Å². The van der Waals surface area contributed by atoms with Crippen LogP contribution in [-0.4, -0.2) is 35.6 Å². The number of nitrogens with zero attached hydrogens (tertiary/aromatic N) is 1. The molecule has 0 saturated carbocycles. The van der Waals surface area contributed by atoms with Crippen molar-refractivity contribution in [2.75, 3.05) is 6.79 Å². The highest BCUT2D eigenvalue weighted by Gasteiger charge is 2.30. The highest BCUT2D eigenvalue weighted by atomic mass is 16.7. The second-order valence-corrected chi connectivity index (χ2v) is 9.57. The molecule has 1 atom stereocenters. The second kappa shape index (κ2) is 11.8. The van der Waals surface area contributed by atoms with Crippen molar-refractivity contribution < 1.29 is 19.1 Å². The SMILES string of the molecule is Cc1cccc(CN(C(=O)CCc2ccc3c(c2)OCO3)[C@H](Cc2ccccc2)C(=O)NC(C)C)c1. The van der Waals surface area contributed by atoms with Crippen LogP contribution in [0.3, 0.4) is 0 Å². The number of nitrogens with one attached hydrogen (secondary N) is 1. The minimum absolute atomic E-state index is 0.0275. The molecule has 3 aromatic rings. The Morgan fingerprint density at radius 1 is 0.889 bits per heavy atom. The van der Waals surface area contributed by atoms with Gasteiger partial charge < -0.3 is 19.7 Å². The smallest absolute Gasteiger partial charge is 0.243 e. The first-order valence-electron chi connectivity index (χ1n) is 12.5. The first kappa shape index (κ1) is 25.3. The van der Waals surface area contributed by atoms with Gasteiger partial charge in [0.15, 0.2) is 11.5 Å². The summed E-state index contributed by atoms with van der Waals surface area (Å²) in [5.74, 6) is 1.22. The molecule has 0 aromatic heterocycles. The fourth-order valence-electron chi connectivity index (χ4n) is 4.43. The van der Waals surface area contributed by atoms with Gasteiger partial charge in [0, 0.05) is 25.4 Å². The lowest BCUT2D eigenvalue weighted by Crippen LogP contribution is -2.51. The van der Waals surface area contributed by atoms with Crippen LogP contribution >= 0.6 is 0 Å². The van der Waals surface area contributed by atoms with Crippen LogP contribution in [0.1, 0.15) is 42.5 Å². The summed E-state index contributed by atoms with van der Waals surface area (Å²) in [6.07, 6.45) is 1.27. The number of aryl methyl sites for hydroxylation is 2. The highest BCUT2D eigenvalue weighted by Crippen LogP contribution is 2.33. The van der Waals surface area contributed by atoms with Crippen LogP contribution in [0, 0.1) is 6.92 Å². The molecule has 0 fully saturated rings. The Bertz CT molecular complexity index is 1190. The molecule has 1 heterocycles. The van der Waals surface area contributed by atoms with Crippen LogP contribution < -0.4 is 14.8 Å². The summed E-state index contributed by atoms with van der Waals surface area (Å²) in [4.78, 5) is 28.9. The average Bonchev–Trinajstić information content (AvgIpc) is 3.33. The number of hydrogen-bond acceptors (Lipinski definition) is 4. The van der Waals surface area contributed by atoms with E-state index < -0.39 is 6.04 Å². The average molecular weight is 487 g/mol. The van der Waals surface area contributed by atoms with Crippen LogP contribution in [0.5, 0.6) is 11.5 Å². The molecule has 0 bridgehead atoms. The van der Waals surface area contributed by atoms with E-state index in [1.807, 2.05) is 87.5 Å². The molecule has 3 aromatic carbocycles. The minimum atomic E-state index is -0.625. The molecule has 1 aliphatic heterocycles. The molecule has 6 nitrogen and oxygen atoms in total. The van der Waals surface area contributed by atoms with Gasteiger partial charge in [-0.3, -0.25) is 9.59 Å². The van der Waals surface area contributed by atoms with Crippen LogP contribution in [0.2, 0.25) is 0 Å². The largest absolute Gasteiger partial charge is 0.454 e. The molecule has 1 aliphatic rings. The predicted octanol–water partition coefficient (Wildman–Crippen LogP) is 4.82. The molecule has 1 N–H and O–H groups in total. The number of rotatable bonds is 10. The van der Waals surface area contributed by atoms with E-state index in [-0.39, 0.29) is 31.1 Å². The van der Waals surface area contributed by atoms with E-state index in [0.717, 1.165) is 28.0 Å². The zero-order chi connectivity index (χ0) is 25.5. The predicted molar refractivity (Wildman–Crippen MR) is 140 cm³/mol. The second-order valence-electron chi connectivity index (χ2n) is 9.57. The van der Waals surface area contributed by atoms with E-state index in [1.54, 1.807) is 4.90 Å². The van der Waals surface area contributed by atoms with Crippen molar-refractivity contribution in [2.24, 2.45) is 0 Å². The molecule has 0 saturated heterocycles. The molecular formula is C30H34N2O4. The number of fused-ring (bicyclic) bond motifs is 1. The molecule has 36 heavy (non-hydrogen) atoms. The van der Waals surface area contributed by atoms with Gasteiger partial charge in [-0.25, -0.2) is 0 Å². The Balaban J connectivity index is 1.59. The maximum atomic E-state index is 13.8. The van der Waals surface area contributed by atoms with Crippen molar-refractivity contribution in [3.05, 3.63) is 95.1 Å². The number of amides is 2. The zero-order valence-corrected chi connectivity index (χ0v) is 21.2. The molecule has 0 aliphatic carbocycles. The van der Waals surface area contributed by atoms with Gasteiger partial charge in [-0.15, -0.1) is 0 Å². The molecule has 0 radical (unpaired) electrons. The number of ether oxygens (including phenoxy) is 2. The van der Waals surface area contributed by atoms with Gasteiger partial charge >= 0.3 is 0 Å². The number of carbonyl (C=O) groups excluding carboxylic acids is 2. The first-order valence-corrected chi connectivity index (χ1v) is 12.5. The van der Waals surface area contributed by atoms with Crippen LogP contribution in [0.15, 0.2) is 72.8 Å². The Kier molecular flexibility index (Phi) is 8.26. The lowest BCUT2D eigenvalue weighted by atomic mass is 10.0. The summed E-state index contributed by atoms with van der Waals surface area (Å²) < 4.78 is 10.9. The Morgan fingerprint density at radius 2 is 1.64 bits per heavy atom. The molecular weight excluding hydrogens is 452 g/mol. The van der Waals surface area contributed by atoms with Crippen molar-refractivity contribution in [3.63, 3.8) is 0 Å². The third-order valence-corrected chi connectivity index (χ3v) is 6.20. The lowest BCUT2D eigenvalue weighted by Gasteiger charge is -2.32. The summed E-state index contributed by atoms with van der Waals surface area (Å²) in [6, 6.07) is 23.1. The van der Waals surface area contributed by atoms with Gasteiger partial charge in [0.1, 0.15) is 6.04 Å². The fraction of sp³-hybridized carbons (Fsp3) is 0.333. The van der Waals surface area contributed by atoms with E-state index in [2.05, 4.69) is 11.4 Å². The summed E-state index contributed by atoms with van der Waals surface area (Å²) >= 11 is 0. The quantitative estimate of drug-likeness (QED) is 0.446. The van der Waals surface area contributed by atoms with Crippen LogP contribution in [-0.2, 0) is 29.0 Å². The van der Waals surface area contributed by atoms with Crippen molar-refractivity contribution in [1.82, 2.24) is 10.2 Å². The maximum Gasteiger partial charge on any atom is 0.243 e. The molecule has 0 unspecified atom stereocenters. The summed E-state index contributed by atoms with van der Waals surface area (Å²) in [5, 5.41) is 3.03. The van der Waals surface area contributed by atoms with E-state index in [0.29, 0.717) is 25.1 Å². The summed E-state index contributed by atoms with van der Waals surface area (Å²) in [5.41, 5.74) is 4.13. The normalized spacial score (nSPS) is 12.9. The van der Waals surface area contributed by atoms with Crippen molar-refractivity contribution >= 4 is 11.8 Å². The molecule has 0 spiro atoms. The van der Waals surface area contributed by atoms with Crippen molar-refractivity contribution in [1.29, 1.82) is 0 Å². The van der Waals surface area contributed by atoms with E-state index >= 15 is 0 Å². The van der Waals surface area contributed by atoms with Gasteiger partial charge in [0.05, 0.1) is 0 Å². The van der Waals surface area contributed by atoms with Gasteiger partial charge in [-0.2, -0.15) is 0 Å². The number of benzene rings is 3. The molecule has 6 heteroatoms. The lowest BCUT2D eigenvalue weighted by molar-refractivity contribution is -0.141. The van der Waals surface area contributed by atoms with E-state index in [4.69, 9.17) is 9.47 Å².